The highest BCUT2D eigenvalue weighted by Crippen LogP contribution is 2.40. The molecule has 0 spiro atoms. The van der Waals surface area contributed by atoms with Gasteiger partial charge in [0, 0.05) is 24.7 Å². The molecule has 0 bridgehead atoms. The Kier molecular flexibility index (Phi) is 5.71. The lowest BCUT2D eigenvalue weighted by Gasteiger charge is -2.19. The zero-order valence-corrected chi connectivity index (χ0v) is 19.5. The Morgan fingerprint density at radius 2 is 1.53 bits per heavy atom. The second-order valence-corrected chi connectivity index (χ2v) is 9.68. The number of esters is 1. The molecule has 3 fully saturated rings. The average molecular weight is 461 g/mol. The van der Waals surface area contributed by atoms with E-state index in [2.05, 4.69) is 0 Å². The van der Waals surface area contributed by atoms with Crippen LogP contribution in [0.3, 0.4) is 0 Å². The molecule has 7 nitrogen and oxygen atoms in total. The Morgan fingerprint density at radius 1 is 0.882 bits per heavy atom. The number of rotatable bonds is 4. The quantitative estimate of drug-likeness (QED) is 0.392. The topological polar surface area (TPSA) is 84.0 Å². The van der Waals surface area contributed by atoms with Gasteiger partial charge in [-0.1, -0.05) is 25.0 Å². The molecule has 2 heterocycles. The molecule has 1 saturated carbocycles. The molecule has 2 aromatic rings. The number of anilines is 2. The van der Waals surface area contributed by atoms with E-state index in [0.717, 1.165) is 42.5 Å². The summed E-state index contributed by atoms with van der Waals surface area (Å²) in [6.45, 7) is 4.20. The number of hydrogen-bond acceptors (Lipinski definition) is 5. The van der Waals surface area contributed by atoms with E-state index in [1.807, 2.05) is 32.0 Å². The summed E-state index contributed by atoms with van der Waals surface area (Å²) >= 11 is 0. The van der Waals surface area contributed by atoms with Crippen molar-refractivity contribution in [2.45, 2.75) is 46.0 Å². The smallest absolute Gasteiger partial charge is 0.316 e. The number of nitrogens with zero attached hydrogens (tertiary/aromatic N) is 2. The summed E-state index contributed by atoms with van der Waals surface area (Å²) in [6.07, 6.45) is 3.49. The third kappa shape index (κ3) is 4.00. The fraction of sp³-hybridized carbons (Fsp3) is 0.407. The van der Waals surface area contributed by atoms with E-state index < -0.39 is 11.9 Å². The summed E-state index contributed by atoms with van der Waals surface area (Å²) in [6, 6.07) is 12.4. The number of carbonyl (C=O) groups is 4. The molecule has 34 heavy (non-hydrogen) atoms. The Bertz CT molecular complexity index is 1150. The predicted molar refractivity (Wildman–Crippen MR) is 126 cm³/mol. The Hall–Kier alpha value is -3.48. The first-order valence-electron chi connectivity index (χ1n) is 11.9. The number of amides is 3. The molecule has 0 radical (unpaired) electrons. The van der Waals surface area contributed by atoms with Crippen LogP contribution in [0, 0.1) is 31.6 Å². The molecule has 176 valence electrons. The SMILES string of the molecule is Cc1cc(C)cc(N2C[C@@H](C(=O)Oc3cccc(N4C(=O)[C@H]5CCCC[C@H]5C4=O)c3)CC2=O)c1. The maximum Gasteiger partial charge on any atom is 0.316 e. The van der Waals surface area contributed by atoms with Gasteiger partial charge in [0.05, 0.1) is 23.4 Å². The van der Waals surface area contributed by atoms with Gasteiger partial charge >= 0.3 is 5.97 Å². The first kappa shape index (κ1) is 22.3. The van der Waals surface area contributed by atoms with Crippen molar-refractivity contribution >= 4 is 35.1 Å². The van der Waals surface area contributed by atoms with Crippen LogP contribution < -0.4 is 14.5 Å². The van der Waals surface area contributed by atoms with E-state index in [4.69, 9.17) is 4.74 Å². The van der Waals surface area contributed by atoms with Crippen LogP contribution >= 0.6 is 0 Å². The van der Waals surface area contributed by atoms with Crippen molar-refractivity contribution in [2.24, 2.45) is 17.8 Å². The molecule has 2 aromatic carbocycles. The molecule has 7 heteroatoms. The summed E-state index contributed by atoms with van der Waals surface area (Å²) in [7, 11) is 0. The van der Waals surface area contributed by atoms with E-state index >= 15 is 0 Å². The number of benzene rings is 2. The Labute approximate surface area is 198 Å². The van der Waals surface area contributed by atoms with Crippen molar-refractivity contribution in [1.82, 2.24) is 0 Å². The molecule has 2 saturated heterocycles. The van der Waals surface area contributed by atoms with Gasteiger partial charge in [-0.25, -0.2) is 4.90 Å². The lowest BCUT2D eigenvalue weighted by atomic mass is 9.81. The van der Waals surface area contributed by atoms with Crippen LogP contribution in [0.15, 0.2) is 42.5 Å². The summed E-state index contributed by atoms with van der Waals surface area (Å²) in [5.74, 6) is -1.75. The fourth-order valence-electron chi connectivity index (χ4n) is 5.52. The van der Waals surface area contributed by atoms with Gasteiger partial charge < -0.3 is 9.64 Å². The lowest BCUT2D eigenvalue weighted by Crippen LogP contribution is -2.31. The van der Waals surface area contributed by atoms with E-state index in [1.54, 1.807) is 29.2 Å². The third-order valence-corrected chi connectivity index (χ3v) is 7.11. The monoisotopic (exact) mass is 460 g/mol. The van der Waals surface area contributed by atoms with Gasteiger partial charge in [-0.15, -0.1) is 0 Å². The van der Waals surface area contributed by atoms with Crippen LogP contribution in [0.25, 0.3) is 0 Å². The number of carbonyl (C=O) groups excluding carboxylic acids is 4. The number of aryl methyl sites for hydroxylation is 2. The number of hydrogen-bond donors (Lipinski definition) is 0. The van der Waals surface area contributed by atoms with Crippen LogP contribution in [0.4, 0.5) is 11.4 Å². The van der Waals surface area contributed by atoms with Crippen molar-refractivity contribution in [2.75, 3.05) is 16.3 Å². The highest BCUT2D eigenvalue weighted by atomic mass is 16.5. The van der Waals surface area contributed by atoms with E-state index in [-0.39, 0.29) is 48.3 Å². The van der Waals surface area contributed by atoms with Gasteiger partial charge in [0.2, 0.25) is 17.7 Å². The molecule has 2 aliphatic heterocycles. The highest BCUT2D eigenvalue weighted by Gasteiger charge is 2.48. The van der Waals surface area contributed by atoms with E-state index in [9.17, 15) is 19.2 Å². The highest BCUT2D eigenvalue weighted by molar-refractivity contribution is 6.22. The normalized spacial score (nSPS) is 24.5. The van der Waals surface area contributed by atoms with Crippen LogP contribution in [0.5, 0.6) is 5.75 Å². The minimum Gasteiger partial charge on any atom is -0.426 e. The number of imide groups is 1. The van der Waals surface area contributed by atoms with Crippen molar-refractivity contribution < 1.29 is 23.9 Å². The zero-order valence-electron chi connectivity index (χ0n) is 19.5. The maximum atomic E-state index is 12.9. The van der Waals surface area contributed by atoms with E-state index in [0.29, 0.717) is 5.69 Å². The summed E-state index contributed by atoms with van der Waals surface area (Å²) < 4.78 is 5.60. The molecular formula is C27H28N2O5. The Balaban J connectivity index is 1.30. The lowest BCUT2D eigenvalue weighted by molar-refractivity contribution is -0.139. The standard InChI is InChI=1S/C27H28N2O5/c1-16-10-17(2)12-20(11-16)28-15-18(13-24(28)30)27(33)34-21-7-5-6-19(14-21)29-25(31)22-8-3-4-9-23(22)26(29)32/h5-7,10-12,14,18,22-23H,3-4,8-9,13,15H2,1-2H3/t18-,22-,23+/m0/s1. The molecular weight excluding hydrogens is 432 g/mol. The van der Waals surface area contributed by atoms with Crippen LogP contribution in [-0.4, -0.2) is 30.2 Å². The first-order chi connectivity index (χ1) is 16.3. The third-order valence-electron chi connectivity index (χ3n) is 7.11. The molecule has 0 aromatic heterocycles. The van der Waals surface area contributed by atoms with Gasteiger partial charge in [-0.2, -0.15) is 0 Å². The number of fused-ring (bicyclic) bond motifs is 1. The van der Waals surface area contributed by atoms with Gasteiger partial charge in [-0.3, -0.25) is 19.2 Å². The molecule has 0 N–H and O–H groups in total. The van der Waals surface area contributed by atoms with Gasteiger partial charge in [-0.05, 0) is 62.1 Å². The van der Waals surface area contributed by atoms with Crippen molar-refractivity contribution in [3.05, 3.63) is 53.6 Å². The fourth-order valence-corrected chi connectivity index (χ4v) is 5.52. The Morgan fingerprint density at radius 3 is 2.18 bits per heavy atom. The molecule has 3 aliphatic rings. The molecule has 1 aliphatic carbocycles. The molecule has 3 amide bonds. The van der Waals surface area contributed by atoms with Crippen LogP contribution in [-0.2, 0) is 19.2 Å². The summed E-state index contributed by atoms with van der Waals surface area (Å²) in [5, 5.41) is 0. The first-order valence-corrected chi connectivity index (χ1v) is 11.9. The zero-order chi connectivity index (χ0) is 24.0. The van der Waals surface area contributed by atoms with Crippen LogP contribution in [0.1, 0.15) is 43.2 Å². The minimum absolute atomic E-state index is 0.0813. The molecule has 3 atom stereocenters. The predicted octanol–water partition coefficient (Wildman–Crippen LogP) is 3.94. The van der Waals surface area contributed by atoms with Gasteiger partial charge in [0.25, 0.3) is 0 Å². The summed E-state index contributed by atoms with van der Waals surface area (Å²) in [4.78, 5) is 54.2. The van der Waals surface area contributed by atoms with Crippen molar-refractivity contribution in [1.29, 1.82) is 0 Å². The van der Waals surface area contributed by atoms with Gasteiger partial charge in [0.1, 0.15) is 5.75 Å². The average Bonchev–Trinajstić information content (AvgIpc) is 3.31. The molecule has 0 unspecified atom stereocenters. The number of ether oxygens (including phenoxy) is 1. The molecule has 5 rings (SSSR count). The van der Waals surface area contributed by atoms with Gasteiger partial charge in [0.15, 0.2) is 0 Å². The maximum absolute atomic E-state index is 12.9. The second kappa shape index (κ2) is 8.70. The van der Waals surface area contributed by atoms with Crippen molar-refractivity contribution in [3.63, 3.8) is 0 Å². The van der Waals surface area contributed by atoms with E-state index in [1.165, 1.54) is 4.90 Å². The van der Waals surface area contributed by atoms with Crippen molar-refractivity contribution in [3.8, 4) is 5.75 Å². The second-order valence-electron chi connectivity index (χ2n) is 9.68. The minimum atomic E-state index is -0.588. The summed E-state index contributed by atoms with van der Waals surface area (Å²) in [5.41, 5.74) is 3.31. The largest absolute Gasteiger partial charge is 0.426 e. The van der Waals surface area contributed by atoms with Crippen LogP contribution in [0.2, 0.25) is 0 Å².